The standard InChI is InChI=1S/C19H18FN3O3/c1-14-18(19(24)26-13-15-7-3-2-4-8-15)21-22-23(14)11-12-25-17-10-6-5-9-16(17)20/h2-10H,11-13H2,1H3. The molecule has 2 aromatic carbocycles. The first-order chi connectivity index (χ1) is 12.6. The molecule has 0 amide bonds. The number of carbonyl (C=O) groups is 1. The van der Waals surface area contributed by atoms with E-state index in [2.05, 4.69) is 10.3 Å². The third-order valence-corrected chi connectivity index (χ3v) is 3.79. The van der Waals surface area contributed by atoms with Crippen molar-refractivity contribution in [3.05, 3.63) is 77.4 Å². The number of rotatable bonds is 7. The Kier molecular flexibility index (Phi) is 5.58. The molecule has 3 rings (SSSR count). The molecule has 0 spiro atoms. The molecule has 0 radical (unpaired) electrons. The number of benzene rings is 2. The summed E-state index contributed by atoms with van der Waals surface area (Å²) in [6, 6.07) is 15.6. The number of carbonyl (C=O) groups excluding carboxylic acids is 1. The molecule has 134 valence electrons. The minimum atomic E-state index is -0.535. The highest BCUT2D eigenvalue weighted by Crippen LogP contribution is 2.15. The van der Waals surface area contributed by atoms with Crippen LogP contribution in [0.2, 0.25) is 0 Å². The Labute approximate surface area is 150 Å². The van der Waals surface area contributed by atoms with E-state index in [4.69, 9.17) is 9.47 Å². The summed E-state index contributed by atoms with van der Waals surface area (Å²) >= 11 is 0. The number of halogens is 1. The van der Waals surface area contributed by atoms with Gasteiger partial charge >= 0.3 is 5.97 Å². The van der Waals surface area contributed by atoms with Crippen molar-refractivity contribution in [3.63, 3.8) is 0 Å². The van der Waals surface area contributed by atoms with E-state index in [1.165, 1.54) is 10.7 Å². The second-order valence-corrected chi connectivity index (χ2v) is 5.59. The molecular weight excluding hydrogens is 337 g/mol. The molecule has 26 heavy (non-hydrogen) atoms. The number of esters is 1. The molecule has 0 aliphatic carbocycles. The van der Waals surface area contributed by atoms with Crippen molar-refractivity contribution in [1.29, 1.82) is 0 Å². The maximum Gasteiger partial charge on any atom is 0.361 e. The van der Waals surface area contributed by atoms with Gasteiger partial charge in [-0.15, -0.1) is 5.10 Å². The summed E-state index contributed by atoms with van der Waals surface area (Å²) in [5, 5.41) is 7.82. The van der Waals surface area contributed by atoms with Gasteiger partial charge in [-0.3, -0.25) is 0 Å². The monoisotopic (exact) mass is 355 g/mol. The van der Waals surface area contributed by atoms with Crippen LogP contribution in [0.3, 0.4) is 0 Å². The molecule has 3 aromatic rings. The summed E-state index contributed by atoms with van der Waals surface area (Å²) in [6.45, 7) is 2.42. The lowest BCUT2D eigenvalue weighted by molar-refractivity contribution is 0.0464. The third kappa shape index (κ3) is 4.24. The summed E-state index contributed by atoms with van der Waals surface area (Å²) < 4.78 is 25.7. The van der Waals surface area contributed by atoms with Crippen LogP contribution in [-0.2, 0) is 17.9 Å². The molecule has 7 heteroatoms. The van der Waals surface area contributed by atoms with Gasteiger partial charge in [0.25, 0.3) is 0 Å². The van der Waals surface area contributed by atoms with Gasteiger partial charge in [0.05, 0.1) is 12.2 Å². The van der Waals surface area contributed by atoms with E-state index in [-0.39, 0.29) is 24.7 Å². The first-order valence-electron chi connectivity index (χ1n) is 8.13. The van der Waals surface area contributed by atoms with Gasteiger partial charge < -0.3 is 9.47 Å². The van der Waals surface area contributed by atoms with Crippen molar-refractivity contribution in [2.24, 2.45) is 0 Å². The average Bonchev–Trinajstić information content (AvgIpc) is 3.03. The minimum absolute atomic E-state index is 0.159. The van der Waals surface area contributed by atoms with Crippen LogP contribution in [-0.4, -0.2) is 27.6 Å². The van der Waals surface area contributed by atoms with Gasteiger partial charge in [-0.1, -0.05) is 47.7 Å². The Bertz CT molecular complexity index is 881. The van der Waals surface area contributed by atoms with Gasteiger partial charge in [0.15, 0.2) is 17.3 Å². The van der Waals surface area contributed by atoms with E-state index in [9.17, 15) is 9.18 Å². The Hall–Kier alpha value is -3.22. The van der Waals surface area contributed by atoms with Gasteiger partial charge in [-0.2, -0.15) is 0 Å². The molecule has 0 aliphatic heterocycles. The molecular formula is C19H18FN3O3. The summed E-state index contributed by atoms with van der Waals surface area (Å²) in [7, 11) is 0. The van der Waals surface area contributed by atoms with Crippen molar-refractivity contribution in [1.82, 2.24) is 15.0 Å². The predicted octanol–water partition coefficient (Wildman–Crippen LogP) is 3.16. The summed E-state index contributed by atoms with van der Waals surface area (Å²) in [5.41, 5.74) is 1.62. The van der Waals surface area contributed by atoms with Crippen LogP contribution in [0.25, 0.3) is 0 Å². The summed E-state index contributed by atoms with van der Waals surface area (Å²) in [6.07, 6.45) is 0. The molecule has 0 atom stereocenters. The number of aromatic nitrogens is 3. The van der Waals surface area contributed by atoms with Crippen molar-refractivity contribution in [3.8, 4) is 5.75 Å². The predicted molar refractivity (Wildman–Crippen MR) is 92.2 cm³/mol. The number of hydrogen-bond donors (Lipinski definition) is 0. The molecule has 0 N–H and O–H groups in total. The van der Waals surface area contributed by atoms with Crippen molar-refractivity contribution >= 4 is 5.97 Å². The van der Waals surface area contributed by atoms with Gasteiger partial charge in [0.2, 0.25) is 0 Å². The van der Waals surface area contributed by atoms with Crippen LogP contribution in [0.15, 0.2) is 54.6 Å². The normalized spacial score (nSPS) is 10.5. The summed E-state index contributed by atoms with van der Waals surface area (Å²) in [5.74, 6) is -0.784. The molecule has 0 saturated carbocycles. The SMILES string of the molecule is Cc1c(C(=O)OCc2ccccc2)nnn1CCOc1ccccc1F. The third-order valence-electron chi connectivity index (χ3n) is 3.79. The molecule has 0 aliphatic rings. The zero-order valence-corrected chi connectivity index (χ0v) is 14.3. The van der Waals surface area contributed by atoms with Crippen LogP contribution in [0.1, 0.15) is 21.7 Å². The van der Waals surface area contributed by atoms with E-state index in [0.717, 1.165) is 5.56 Å². The number of nitrogens with zero attached hydrogens (tertiary/aromatic N) is 3. The summed E-state index contributed by atoms with van der Waals surface area (Å²) in [4.78, 5) is 12.2. The molecule has 1 heterocycles. The molecule has 0 fully saturated rings. The Balaban J connectivity index is 1.55. The van der Waals surface area contributed by atoms with E-state index in [0.29, 0.717) is 12.2 Å². The van der Waals surface area contributed by atoms with Gasteiger partial charge in [-0.05, 0) is 24.6 Å². The Morgan fingerprint density at radius 3 is 2.62 bits per heavy atom. The Morgan fingerprint density at radius 1 is 1.12 bits per heavy atom. The van der Waals surface area contributed by atoms with E-state index in [1.54, 1.807) is 25.1 Å². The van der Waals surface area contributed by atoms with Gasteiger partial charge in [0.1, 0.15) is 13.2 Å². The maximum atomic E-state index is 13.5. The fraction of sp³-hybridized carbons (Fsp3) is 0.211. The van der Waals surface area contributed by atoms with Crippen molar-refractivity contribution in [2.75, 3.05) is 6.61 Å². The maximum absolute atomic E-state index is 13.5. The van der Waals surface area contributed by atoms with Crippen LogP contribution < -0.4 is 4.74 Å². The minimum Gasteiger partial charge on any atom is -0.489 e. The van der Waals surface area contributed by atoms with Gasteiger partial charge in [-0.25, -0.2) is 13.9 Å². The lowest BCUT2D eigenvalue weighted by atomic mass is 10.2. The largest absolute Gasteiger partial charge is 0.489 e. The molecule has 0 bridgehead atoms. The Morgan fingerprint density at radius 2 is 1.85 bits per heavy atom. The van der Waals surface area contributed by atoms with E-state index < -0.39 is 11.8 Å². The van der Waals surface area contributed by atoms with Crippen LogP contribution >= 0.6 is 0 Å². The first-order valence-corrected chi connectivity index (χ1v) is 8.13. The number of ether oxygens (including phenoxy) is 2. The van der Waals surface area contributed by atoms with Crippen LogP contribution in [0.4, 0.5) is 4.39 Å². The quantitative estimate of drug-likeness (QED) is 0.609. The number of hydrogen-bond acceptors (Lipinski definition) is 5. The second-order valence-electron chi connectivity index (χ2n) is 5.59. The van der Waals surface area contributed by atoms with E-state index >= 15 is 0 Å². The zero-order valence-electron chi connectivity index (χ0n) is 14.3. The topological polar surface area (TPSA) is 66.2 Å². The fourth-order valence-corrected chi connectivity index (χ4v) is 2.36. The van der Waals surface area contributed by atoms with Crippen molar-refractivity contribution < 1.29 is 18.7 Å². The van der Waals surface area contributed by atoms with Crippen molar-refractivity contribution in [2.45, 2.75) is 20.1 Å². The van der Waals surface area contributed by atoms with E-state index in [1.807, 2.05) is 30.3 Å². The molecule has 6 nitrogen and oxygen atoms in total. The zero-order chi connectivity index (χ0) is 18.4. The first kappa shape index (κ1) is 17.6. The highest BCUT2D eigenvalue weighted by Gasteiger charge is 2.18. The second kappa shape index (κ2) is 8.24. The highest BCUT2D eigenvalue weighted by atomic mass is 19.1. The number of para-hydroxylation sites is 1. The van der Waals surface area contributed by atoms with Gasteiger partial charge in [0, 0.05) is 0 Å². The van der Waals surface area contributed by atoms with Crippen LogP contribution in [0, 0.1) is 12.7 Å². The lowest BCUT2D eigenvalue weighted by Crippen LogP contribution is -2.12. The lowest BCUT2D eigenvalue weighted by Gasteiger charge is -2.08. The highest BCUT2D eigenvalue weighted by molar-refractivity contribution is 5.88. The molecule has 0 saturated heterocycles. The smallest absolute Gasteiger partial charge is 0.361 e. The molecule has 1 aromatic heterocycles. The fourth-order valence-electron chi connectivity index (χ4n) is 2.36. The molecule has 0 unspecified atom stereocenters. The van der Waals surface area contributed by atoms with Crippen LogP contribution in [0.5, 0.6) is 5.75 Å². The average molecular weight is 355 g/mol.